The molecule has 3 aromatic rings. The quantitative estimate of drug-likeness (QED) is 0.756. The number of nitrogens with one attached hydrogen (secondary N) is 1. The summed E-state index contributed by atoms with van der Waals surface area (Å²) in [6, 6.07) is 6.14. The van der Waals surface area contributed by atoms with Gasteiger partial charge in [0.05, 0.1) is 24.0 Å². The number of ether oxygens (including phenoxy) is 1. The van der Waals surface area contributed by atoms with Gasteiger partial charge in [0.15, 0.2) is 0 Å². The zero-order valence-corrected chi connectivity index (χ0v) is 13.9. The highest BCUT2D eigenvalue weighted by Gasteiger charge is 2.30. The maximum absolute atomic E-state index is 5.96. The molecule has 0 bridgehead atoms. The fourth-order valence-electron chi connectivity index (χ4n) is 3.43. The number of nitrogens with zero attached hydrogens (tertiary/aromatic N) is 4. The molecule has 24 heavy (non-hydrogen) atoms. The van der Waals surface area contributed by atoms with Crippen molar-refractivity contribution in [2.75, 3.05) is 13.2 Å². The average molecular weight is 325 g/mol. The van der Waals surface area contributed by atoms with E-state index in [1.165, 1.54) is 11.1 Å². The third-order valence-electron chi connectivity index (χ3n) is 4.75. The van der Waals surface area contributed by atoms with Gasteiger partial charge in [-0.3, -0.25) is 4.68 Å². The molecular formula is C18H23N5O. The molecule has 1 saturated heterocycles. The van der Waals surface area contributed by atoms with Gasteiger partial charge in [-0.1, -0.05) is 6.07 Å². The molecule has 3 aromatic heterocycles. The number of fused-ring (bicyclic) bond motifs is 1. The van der Waals surface area contributed by atoms with Crippen LogP contribution in [-0.4, -0.2) is 32.5 Å². The Bertz CT molecular complexity index is 808. The summed E-state index contributed by atoms with van der Waals surface area (Å²) >= 11 is 0. The number of hydrogen-bond donors (Lipinski definition) is 1. The molecule has 1 aliphatic heterocycles. The van der Waals surface area contributed by atoms with Gasteiger partial charge >= 0.3 is 0 Å². The molecule has 0 spiro atoms. The highest BCUT2D eigenvalue weighted by Crippen LogP contribution is 2.33. The van der Waals surface area contributed by atoms with Crippen molar-refractivity contribution in [3.8, 4) is 0 Å². The van der Waals surface area contributed by atoms with E-state index >= 15 is 0 Å². The van der Waals surface area contributed by atoms with Gasteiger partial charge in [0, 0.05) is 55.7 Å². The Kier molecular flexibility index (Phi) is 4.32. The van der Waals surface area contributed by atoms with E-state index in [-0.39, 0.29) is 6.10 Å². The SMILES string of the molecule is CCn1cc([C@H]2OCC[C@@H]2CNCc2cnn3ccccc23)cn1. The Morgan fingerprint density at radius 3 is 3.12 bits per heavy atom. The van der Waals surface area contributed by atoms with Gasteiger partial charge in [-0.05, 0) is 25.5 Å². The van der Waals surface area contributed by atoms with Crippen LogP contribution >= 0.6 is 0 Å². The van der Waals surface area contributed by atoms with Gasteiger partial charge in [-0.15, -0.1) is 0 Å². The molecule has 4 heterocycles. The molecule has 0 aromatic carbocycles. The van der Waals surface area contributed by atoms with E-state index in [0.29, 0.717) is 5.92 Å². The second-order valence-electron chi connectivity index (χ2n) is 6.30. The van der Waals surface area contributed by atoms with Crippen LogP contribution < -0.4 is 5.32 Å². The van der Waals surface area contributed by atoms with E-state index in [1.54, 1.807) is 0 Å². The summed E-state index contributed by atoms with van der Waals surface area (Å²) in [5.74, 6) is 0.487. The summed E-state index contributed by atoms with van der Waals surface area (Å²) in [7, 11) is 0. The maximum Gasteiger partial charge on any atom is 0.0896 e. The molecule has 126 valence electrons. The maximum atomic E-state index is 5.96. The van der Waals surface area contributed by atoms with Crippen LogP contribution in [-0.2, 0) is 17.8 Å². The van der Waals surface area contributed by atoms with Gasteiger partial charge in [0.25, 0.3) is 0 Å². The van der Waals surface area contributed by atoms with Crippen molar-refractivity contribution in [3.05, 3.63) is 54.1 Å². The number of hydrogen-bond acceptors (Lipinski definition) is 4. The van der Waals surface area contributed by atoms with E-state index < -0.39 is 0 Å². The third kappa shape index (κ3) is 2.95. The van der Waals surface area contributed by atoms with E-state index in [2.05, 4.69) is 34.7 Å². The lowest BCUT2D eigenvalue weighted by atomic mass is 9.97. The number of aryl methyl sites for hydroxylation is 1. The molecule has 2 atom stereocenters. The van der Waals surface area contributed by atoms with Crippen LogP contribution in [0.15, 0.2) is 43.0 Å². The summed E-state index contributed by atoms with van der Waals surface area (Å²) in [5, 5.41) is 12.3. The first kappa shape index (κ1) is 15.4. The van der Waals surface area contributed by atoms with Crippen molar-refractivity contribution in [1.82, 2.24) is 24.7 Å². The number of rotatable bonds is 6. The summed E-state index contributed by atoms with van der Waals surface area (Å²) in [6.45, 7) is 5.58. The molecule has 0 saturated carbocycles. The summed E-state index contributed by atoms with van der Waals surface area (Å²) in [4.78, 5) is 0. The first-order chi connectivity index (χ1) is 11.8. The minimum Gasteiger partial charge on any atom is -0.373 e. The molecule has 1 fully saturated rings. The lowest BCUT2D eigenvalue weighted by Crippen LogP contribution is -2.24. The largest absolute Gasteiger partial charge is 0.373 e. The number of pyridine rings is 1. The predicted molar refractivity (Wildman–Crippen MR) is 91.6 cm³/mol. The Labute approximate surface area is 141 Å². The normalized spacial score (nSPS) is 20.9. The fourth-order valence-corrected chi connectivity index (χ4v) is 3.43. The van der Waals surface area contributed by atoms with E-state index in [4.69, 9.17) is 4.74 Å². The van der Waals surface area contributed by atoms with Crippen LogP contribution in [0.3, 0.4) is 0 Å². The number of aromatic nitrogens is 4. The van der Waals surface area contributed by atoms with E-state index in [9.17, 15) is 0 Å². The Morgan fingerprint density at radius 2 is 2.25 bits per heavy atom. The van der Waals surface area contributed by atoms with Crippen molar-refractivity contribution in [1.29, 1.82) is 0 Å². The molecular weight excluding hydrogens is 302 g/mol. The lowest BCUT2D eigenvalue weighted by molar-refractivity contribution is 0.0904. The molecule has 6 heteroatoms. The molecule has 4 rings (SSSR count). The van der Waals surface area contributed by atoms with Crippen molar-refractivity contribution >= 4 is 5.52 Å². The fraction of sp³-hybridized carbons (Fsp3) is 0.444. The van der Waals surface area contributed by atoms with Crippen LogP contribution in [0.5, 0.6) is 0 Å². The predicted octanol–water partition coefficient (Wildman–Crippen LogP) is 2.42. The van der Waals surface area contributed by atoms with Crippen LogP contribution in [0.1, 0.15) is 30.6 Å². The highest BCUT2D eigenvalue weighted by atomic mass is 16.5. The molecule has 0 radical (unpaired) electrons. The Morgan fingerprint density at radius 1 is 1.29 bits per heavy atom. The zero-order valence-electron chi connectivity index (χ0n) is 13.9. The highest BCUT2D eigenvalue weighted by molar-refractivity contribution is 5.53. The van der Waals surface area contributed by atoms with Crippen LogP contribution in [0.25, 0.3) is 5.52 Å². The van der Waals surface area contributed by atoms with Gasteiger partial charge in [0.2, 0.25) is 0 Å². The molecule has 0 aliphatic carbocycles. The molecule has 0 unspecified atom stereocenters. The van der Waals surface area contributed by atoms with E-state index in [1.807, 2.05) is 39.9 Å². The zero-order chi connectivity index (χ0) is 16.4. The van der Waals surface area contributed by atoms with Crippen LogP contribution in [0, 0.1) is 5.92 Å². The Balaban J connectivity index is 1.38. The summed E-state index contributed by atoms with van der Waals surface area (Å²) in [5.41, 5.74) is 3.58. The second-order valence-corrected chi connectivity index (χ2v) is 6.30. The molecule has 0 amide bonds. The first-order valence-corrected chi connectivity index (χ1v) is 8.61. The summed E-state index contributed by atoms with van der Waals surface area (Å²) < 4.78 is 9.83. The smallest absolute Gasteiger partial charge is 0.0896 e. The van der Waals surface area contributed by atoms with Gasteiger partial charge in [-0.2, -0.15) is 10.2 Å². The first-order valence-electron chi connectivity index (χ1n) is 8.61. The Hall–Kier alpha value is -2.18. The minimum absolute atomic E-state index is 0.154. The van der Waals surface area contributed by atoms with Crippen molar-refractivity contribution in [3.63, 3.8) is 0 Å². The monoisotopic (exact) mass is 325 g/mol. The minimum atomic E-state index is 0.154. The van der Waals surface area contributed by atoms with Gasteiger partial charge in [-0.25, -0.2) is 4.52 Å². The lowest BCUT2D eigenvalue weighted by Gasteiger charge is -2.17. The van der Waals surface area contributed by atoms with E-state index in [0.717, 1.165) is 38.2 Å². The standard InChI is InChI=1S/C18H23N5O/c1-2-22-13-16(12-20-22)18-14(6-8-24-18)9-19-10-15-11-21-23-7-4-3-5-17(15)23/h3-5,7,11-14,18-19H,2,6,8-10H2,1H3/t14-,18+/m1/s1. The van der Waals surface area contributed by atoms with Crippen LogP contribution in [0.2, 0.25) is 0 Å². The molecule has 1 N–H and O–H groups in total. The van der Waals surface area contributed by atoms with Crippen molar-refractivity contribution in [2.45, 2.75) is 32.5 Å². The second kappa shape index (κ2) is 6.75. The average Bonchev–Trinajstić information content (AvgIpc) is 3.34. The molecule has 1 aliphatic rings. The van der Waals surface area contributed by atoms with Gasteiger partial charge in [0.1, 0.15) is 0 Å². The van der Waals surface area contributed by atoms with Crippen molar-refractivity contribution in [2.24, 2.45) is 5.92 Å². The van der Waals surface area contributed by atoms with Gasteiger partial charge < -0.3 is 10.1 Å². The topological polar surface area (TPSA) is 56.4 Å². The van der Waals surface area contributed by atoms with Crippen LogP contribution in [0.4, 0.5) is 0 Å². The summed E-state index contributed by atoms with van der Waals surface area (Å²) in [6.07, 6.45) is 9.21. The molecule has 6 nitrogen and oxygen atoms in total. The third-order valence-corrected chi connectivity index (χ3v) is 4.75. The van der Waals surface area contributed by atoms with Crippen molar-refractivity contribution < 1.29 is 4.74 Å².